The van der Waals surface area contributed by atoms with Crippen LogP contribution in [-0.4, -0.2) is 51.6 Å². The molecule has 0 bridgehead atoms. The Labute approximate surface area is 196 Å². The van der Waals surface area contributed by atoms with Crippen LogP contribution in [0.2, 0.25) is 5.02 Å². The van der Waals surface area contributed by atoms with Crippen molar-refractivity contribution in [2.24, 2.45) is 5.92 Å². The van der Waals surface area contributed by atoms with Crippen LogP contribution in [0.25, 0.3) is 0 Å². The van der Waals surface area contributed by atoms with E-state index >= 15 is 0 Å². The number of likely N-dealkylation sites (tertiary alicyclic amines) is 1. The lowest BCUT2D eigenvalue weighted by atomic mass is 9.87. The number of carbonyl (C=O) groups is 2. The van der Waals surface area contributed by atoms with Crippen LogP contribution in [0.4, 0.5) is 4.79 Å². The second-order valence-electron chi connectivity index (χ2n) is 9.58. The molecular formula is C26H33ClN2O3. The summed E-state index contributed by atoms with van der Waals surface area (Å²) in [7, 11) is 0. The molecule has 1 heterocycles. The van der Waals surface area contributed by atoms with Crippen molar-refractivity contribution >= 4 is 23.6 Å². The Morgan fingerprint density at radius 3 is 2.25 bits per heavy atom. The van der Waals surface area contributed by atoms with E-state index in [4.69, 9.17) is 11.6 Å². The van der Waals surface area contributed by atoms with Crippen molar-refractivity contribution in [3.63, 3.8) is 0 Å². The van der Waals surface area contributed by atoms with Crippen LogP contribution in [0.3, 0.4) is 0 Å². The molecule has 6 heteroatoms. The molecule has 0 aromatic heterocycles. The van der Waals surface area contributed by atoms with Gasteiger partial charge in [-0.05, 0) is 56.9 Å². The first kappa shape index (κ1) is 24.3. The lowest BCUT2D eigenvalue weighted by Crippen LogP contribution is -2.49. The molecule has 5 nitrogen and oxygen atoms in total. The maximum absolute atomic E-state index is 13.8. The molecule has 172 valence electrons. The number of benzene rings is 2. The molecule has 0 radical (unpaired) electrons. The molecule has 0 spiro atoms. The van der Waals surface area contributed by atoms with E-state index in [2.05, 4.69) is 25.7 Å². The van der Waals surface area contributed by atoms with Crippen molar-refractivity contribution in [1.29, 1.82) is 0 Å². The molecule has 3 atom stereocenters. The van der Waals surface area contributed by atoms with Gasteiger partial charge in [-0.1, -0.05) is 61.0 Å². The van der Waals surface area contributed by atoms with Crippen LogP contribution in [0.5, 0.6) is 0 Å². The average molecular weight is 457 g/mol. The number of imide groups is 1. The minimum Gasteiger partial charge on any atom is -0.465 e. The van der Waals surface area contributed by atoms with E-state index in [0.717, 1.165) is 16.0 Å². The number of nitrogens with zero attached hydrogens (tertiary/aromatic N) is 2. The number of rotatable bonds is 6. The first-order valence-corrected chi connectivity index (χ1v) is 11.6. The smallest absolute Gasteiger partial charge is 0.414 e. The van der Waals surface area contributed by atoms with E-state index in [9.17, 15) is 14.7 Å². The van der Waals surface area contributed by atoms with Crippen molar-refractivity contribution in [3.05, 3.63) is 70.7 Å². The van der Waals surface area contributed by atoms with Crippen LogP contribution < -0.4 is 0 Å². The van der Waals surface area contributed by atoms with Crippen molar-refractivity contribution in [3.8, 4) is 0 Å². The van der Waals surface area contributed by atoms with E-state index in [1.165, 1.54) is 0 Å². The zero-order valence-electron chi connectivity index (χ0n) is 19.3. The third kappa shape index (κ3) is 5.51. The highest BCUT2D eigenvalue weighted by molar-refractivity contribution is 6.30. The molecule has 0 saturated carbocycles. The second-order valence-corrected chi connectivity index (χ2v) is 10.0. The summed E-state index contributed by atoms with van der Waals surface area (Å²) in [5.74, 6) is -0.835. The molecule has 2 amide bonds. The topological polar surface area (TPSA) is 60.9 Å². The summed E-state index contributed by atoms with van der Waals surface area (Å²) in [5, 5.41) is 10.7. The number of carboxylic acid groups (broad SMARTS) is 1. The fourth-order valence-electron chi connectivity index (χ4n) is 4.56. The van der Waals surface area contributed by atoms with Gasteiger partial charge in [-0.25, -0.2) is 9.69 Å². The summed E-state index contributed by atoms with van der Waals surface area (Å²) < 4.78 is 0. The molecule has 2 unspecified atom stereocenters. The molecule has 32 heavy (non-hydrogen) atoms. The van der Waals surface area contributed by atoms with Crippen molar-refractivity contribution in [2.45, 2.75) is 58.0 Å². The van der Waals surface area contributed by atoms with Gasteiger partial charge in [-0.3, -0.25) is 9.69 Å². The highest BCUT2D eigenvalue weighted by atomic mass is 35.5. The molecular weight excluding hydrogens is 424 g/mol. The van der Waals surface area contributed by atoms with Crippen LogP contribution in [-0.2, 0) is 11.2 Å². The Morgan fingerprint density at radius 1 is 1.09 bits per heavy atom. The van der Waals surface area contributed by atoms with E-state index in [1.807, 2.05) is 61.5 Å². The summed E-state index contributed by atoms with van der Waals surface area (Å²) in [6.07, 6.45) is -0.104. The van der Waals surface area contributed by atoms with E-state index in [0.29, 0.717) is 31.0 Å². The summed E-state index contributed by atoms with van der Waals surface area (Å²) in [6, 6.07) is 16.9. The first-order valence-electron chi connectivity index (χ1n) is 11.2. The zero-order valence-corrected chi connectivity index (χ0v) is 20.0. The molecule has 1 aliphatic rings. The molecule has 1 saturated heterocycles. The normalized spacial score (nSPS) is 20.2. The Bertz CT molecular complexity index is 924. The third-order valence-corrected chi connectivity index (χ3v) is 6.73. The summed E-state index contributed by atoms with van der Waals surface area (Å²) >= 11 is 6.08. The molecule has 1 aliphatic heterocycles. The standard InChI is InChI=1S/C26H33ClN2O3/c1-5-21(15-18-9-7-6-8-10-18)29(25(31)32)24(30)23-17-28(26(2,3)4)16-22(23)19-11-13-20(27)14-12-19/h6-14,21-23H,5,15-17H2,1-4H3,(H,31,32)/t21-,22?,23?/m1/s1. The highest BCUT2D eigenvalue weighted by Crippen LogP contribution is 2.38. The predicted octanol–water partition coefficient (Wildman–Crippen LogP) is 5.68. The van der Waals surface area contributed by atoms with Gasteiger partial charge in [0, 0.05) is 35.6 Å². The SMILES string of the molecule is CC[C@H](Cc1ccccc1)N(C(=O)O)C(=O)C1CN(C(C)(C)C)CC1c1ccc(Cl)cc1. The Hall–Kier alpha value is -2.37. The lowest BCUT2D eigenvalue weighted by molar-refractivity contribution is -0.135. The minimum absolute atomic E-state index is 0.0879. The molecule has 2 aromatic rings. The number of halogens is 1. The maximum Gasteiger partial charge on any atom is 0.414 e. The third-order valence-electron chi connectivity index (χ3n) is 6.48. The predicted molar refractivity (Wildman–Crippen MR) is 128 cm³/mol. The number of carbonyl (C=O) groups excluding carboxylic acids is 1. The Balaban J connectivity index is 1.93. The van der Waals surface area contributed by atoms with Crippen molar-refractivity contribution in [2.75, 3.05) is 13.1 Å². The van der Waals surface area contributed by atoms with Crippen LogP contribution in [0.15, 0.2) is 54.6 Å². The van der Waals surface area contributed by atoms with Gasteiger partial charge in [0.25, 0.3) is 0 Å². The lowest BCUT2D eigenvalue weighted by Gasteiger charge is -2.32. The summed E-state index contributed by atoms with van der Waals surface area (Å²) in [4.78, 5) is 29.5. The monoisotopic (exact) mass is 456 g/mol. The molecule has 3 rings (SSSR count). The Morgan fingerprint density at radius 2 is 1.72 bits per heavy atom. The maximum atomic E-state index is 13.8. The molecule has 1 N–H and O–H groups in total. The number of amides is 2. The highest BCUT2D eigenvalue weighted by Gasteiger charge is 2.45. The second kappa shape index (κ2) is 10.1. The molecule has 1 fully saturated rings. The van der Waals surface area contributed by atoms with Gasteiger partial charge >= 0.3 is 6.09 Å². The van der Waals surface area contributed by atoms with E-state index in [1.54, 1.807) is 0 Å². The largest absolute Gasteiger partial charge is 0.465 e. The van der Waals surface area contributed by atoms with Crippen LogP contribution >= 0.6 is 11.6 Å². The molecule has 2 aromatic carbocycles. The number of hydrogen-bond acceptors (Lipinski definition) is 3. The van der Waals surface area contributed by atoms with Crippen molar-refractivity contribution in [1.82, 2.24) is 9.80 Å². The zero-order chi connectivity index (χ0) is 23.5. The fraction of sp³-hybridized carbons (Fsp3) is 0.462. The van der Waals surface area contributed by atoms with Gasteiger partial charge in [0.1, 0.15) is 0 Å². The van der Waals surface area contributed by atoms with Gasteiger partial charge in [0.15, 0.2) is 0 Å². The van der Waals surface area contributed by atoms with Gasteiger partial charge in [-0.15, -0.1) is 0 Å². The quantitative estimate of drug-likeness (QED) is 0.607. The van der Waals surface area contributed by atoms with Crippen LogP contribution in [0, 0.1) is 5.92 Å². The first-order chi connectivity index (χ1) is 15.1. The van der Waals surface area contributed by atoms with Gasteiger partial charge in [0.2, 0.25) is 5.91 Å². The van der Waals surface area contributed by atoms with E-state index in [-0.39, 0.29) is 17.4 Å². The number of hydrogen-bond donors (Lipinski definition) is 1. The Kier molecular flexibility index (Phi) is 7.63. The molecule has 0 aliphatic carbocycles. The average Bonchev–Trinajstić information content (AvgIpc) is 3.20. The van der Waals surface area contributed by atoms with Gasteiger partial charge in [-0.2, -0.15) is 0 Å². The van der Waals surface area contributed by atoms with Crippen LogP contribution in [0.1, 0.15) is 51.2 Å². The van der Waals surface area contributed by atoms with Gasteiger partial charge in [0.05, 0.1) is 5.92 Å². The van der Waals surface area contributed by atoms with Gasteiger partial charge < -0.3 is 5.11 Å². The fourth-order valence-corrected chi connectivity index (χ4v) is 4.69. The summed E-state index contributed by atoms with van der Waals surface area (Å²) in [6.45, 7) is 9.53. The van der Waals surface area contributed by atoms with E-state index < -0.39 is 18.1 Å². The minimum atomic E-state index is -1.18. The summed E-state index contributed by atoms with van der Waals surface area (Å²) in [5.41, 5.74) is 1.92. The van der Waals surface area contributed by atoms with Crippen molar-refractivity contribution < 1.29 is 14.7 Å².